The van der Waals surface area contributed by atoms with Crippen molar-refractivity contribution in [3.8, 4) is 11.5 Å². The molecule has 0 radical (unpaired) electrons. The number of aromatic nitrogens is 2. The maximum absolute atomic E-state index is 12.6. The summed E-state index contributed by atoms with van der Waals surface area (Å²) in [6.45, 7) is 0.552. The van der Waals surface area contributed by atoms with Crippen LogP contribution in [0.4, 0.5) is 0 Å². The molecule has 3 aromatic rings. The van der Waals surface area contributed by atoms with E-state index in [9.17, 15) is 4.79 Å². The number of nitrogens with zero attached hydrogens (tertiary/aromatic N) is 2. The van der Waals surface area contributed by atoms with Gasteiger partial charge in [-0.15, -0.1) is 0 Å². The van der Waals surface area contributed by atoms with Crippen LogP contribution in [0.5, 0.6) is 11.5 Å². The van der Waals surface area contributed by atoms with Crippen molar-refractivity contribution in [3.63, 3.8) is 0 Å². The zero-order valence-electron chi connectivity index (χ0n) is 14.7. The van der Waals surface area contributed by atoms with Crippen molar-refractivity contribution in [1.29, 1.82) is 0 Å². The average molecular weight is 346 g/mol. The average Bonchev–Trinajstić information content (AvgIpc) is 3.01. The molecule has 0 spiro atoms. The first-order valence-electron chi connectivity index (χ1n) is 8.64. The fraction of sp³-hybridized carbons (Fsp3) is 0.238. The van der Waals surface area contributed by atoms with Crippen molar-refractivity contribution >= 4 is 16.5 Å². The van der Waals surface area contributed by atoms with E-state index in [1.807, 2.05) is 18.2 Å². The van der Waals surface area contributed by atoms with Gasteiger partial charge in [0.25, 0.3) is 5.56 Å². The number of rotatable bonds is 2. The van der Waals surface area contributed by atoms with E-state index in [4.69, 9.17) is 14.5 Å². The minimum Gasteiger partial charge on any atom is -0.493 e. The fourth-order valence-corrected chi connectivity index (χ4v) is 4.15. The normalized spacial score (nSPS) is 14.8. The molecule has 0 amide bonds. The van der Waals surface area contributed by atoms with E-state index in [1.165, 1.54) is 22.8 Å². The van der Waals surface area contributed by atoms with Crippen LogP contribution in [0.3, 0.4) is 0 Å². The first-order chi connectivity index (χ1) is 12.7. The number of methoxy groups -OCH3 is 2. The van der Waals surface area contributed by atoms with Crippen LogP contribution in [0.1, 0.15) is 17.0 Å². The highest BCUT2D eigenvalue weighted by Crippen LogP contribution is 2.42. The van der Waals surface area contributed by atoms with Crippen molar-refractivity contribution in [2.24, 2.45) is 0 Å². The Balaban J connectivity index is 1.67. The Bertz CT molecular complexity index is 1160. The Morgan fingerprint density at radius 1 is 1.08 bits per heavy atom. The van der Waals surface area contributed by atoms with Gasteiger partial charge < -0.3 is 14.0 Å². The molecule has 2 aromatic heterocycles. The molecular weight excluding hydrogens is 328 g/mol. The molecule has 0 atom stereocenters. The number of benzene rings is 1. The van der Waals surface area contributed by atoms with Crippen molar-refractivity contribution in [1.82, 2.24) is 9.55 Å². The van der Waals surface area contributed by atoms with Gasteiger partial charge >= 0.3 is 0 Å². The van der Waals surface area contributed by atoms with Gasteiger partial charge in [-0.2, -0.15) is 0 Å². The summed E-state index contributed by atoms with van der Waals surface area (Å²) in [5.74, 6) is 1.14. The lowest BCUT2D eigenvalue weighted by Gasteiger charge is -2.24. The summed E-state index contributed by atoms with van der Waals surface area (Å²) in [7, 11) is 3.17. The molecule has 1 aromatic carbocycles. The van der Waals surface area contributed by atoms with Crippen molar-refractivity contribution < 1.29 is 9.47 Å². The van der Waals surface area contributed by atoms with Crippen LogP contribution < -0.4 is 15.0 Å². The van der Waals surface area contributed by atoms with E-state index in [2.05, 4.69) is 12.1 Å². The molecule has 5 heteroatoms. The minimum atomic E-state index is -0.0635. The maximum Gasteiger partial charge on any atom is 0.255 e. The van der Waals surface area contributed by atoms with Crippen molar-refractivity contribution in [2.45, 2.75) is 19.4 Å². The van der Waals surface area contributed by atoms with Crippen LogP contribution in [0.2, 0.25) is 0 Å². The second kappa shape index (κ2) is 5.46. The predicted molar refractivity (Wildman–Crippen MR) is 99.9 cm³/mol. The monoisotopic (exact) mass is 346 g/mol. The van der Waals surface area contributed by atoms with Crippen molar-refractivity contribution in [3.05, 3.63) is 69.3 Å². The number of para-hydroxylation sites is 1. The van der Waals surface area contributed by atoms with Gasteiger partial charge in [0.15, 0.2) is 11.5 Å². The molecule has 130 valence electrons. The van der Waals surface area contributed by atoms with E-state index in [0.717, 1.165) is 28.7 Å². The summed E-state index contributed by atoms with van der Waals surface area (Å²) < 4.78 is 12.7. The quantitative estimate of drug-likeness (QED) is 0.716. The summed E-state index contributed by atoms with van der Waals surface area (Å²) in [6, 6.07) is 11.9. The number of hydrogen-bond donors (Lipinski definition) is 0. The van der Waals surface area contributed by atoms with Crippen LogP contribution in [0, 0.1) is 0 Å². The molecule has 26 heavy (non-hydrogen) atoms. The molecule has 1 aliphatic heterocycles. The van der Waals surface area contributed by atoms with E-state index in [-0.39, 0.29) is 5.56 Å². The van der Waals surface area contributed by atoms with Crippen LogP contribution in [0.15, 0.2) is 46.8 Å². The van der Waals surface area contributed by atoms with Crippen LogP contribution in [-0.4, -0.2) is 23.8 Å². The lowest BCUT2D eigenvalue weighted by Crippen LogP contribution is -2.27. The molecule has 0 unspecified atom stereocenters. The van der Waals surface area contributed by atoms with Gasteiger partial charge in [-0.05, 0) is 17.7 Å². The number of fused-ring (bicyclic) bond motifs is 4. The molecule has 3 heterocycles. The highest BCUT2D eigenvalue weighted by molar-refractivity contribution is 5.87. The fourth-order valence-electron chi connectivity index (χ4n) is 4.15. The summed E-state index contributed by atoms with van der Waals surface area (Å²) in [5.41, 5.74) is 6.64. The van der Waals surface area contributed by atoms with Gasteiger partial charge in [-0.25, -0.2) is 0 Å². The van der Waals surface area contributed by atoms with Gasteiger partial charge in [-0.3, -0.25) is 9.78 Å². The third kappa shape index (κ3) is 2.03. The Morgan fingerprint density at radius 2 is 1.92 bits per heavy atom. The smallest absolute Gasteiger partial charge is 0.255 e. The second-order valence-corrected chi connectivity index (χ2v) is 6.73. The summed E-state index contributed by atoms with van der Waals surface area (Å²) in [6.07, 6.45) is 1.50. The third-order valence-corrected chi connectivity index (χ3v) is 5.39. The van der Waals surface area contributed by atoms with E-state index in [0.29, 0.717) is 24.5 Å². The van der Waals surface area contributed by atoms with Gasteiger partial charge in [0.05, 0.1) is 37.7 Å². The molecule has 0 saturated carbocycles. The van der Waals surface area contributed by atoms with Gasteiger partial charge in [0, 0.05) is 29.9 Å². The first-order valence-corrected chi connectivity index (χ1v) is 8.64. The number of hydrogen-bond acceptors (Lipinski definition) is 4. The zero-order chi connectivity index (χ0) is 17.8. The summed E-state index contributed by atoms with van der Waals surface area (Å²) in [4.78, 5) is 17.5. The summed E-state index contributed by atoms with van der Waals surface area (Å²) >= 11 is 0. The third-order valence-electron chi connectivity index (χ3n) is 5.39. The lowest BCUT2D eigenvalue weighted by molar-refractivity contribution is 0.345. The van der Waals surface area contributed by atoms with Crippen LogP contribution >= 0.6 is 0 Å². The number of ether oxygens (including phenoxy) is 2. The standard InChI is InChI=1S/C21H18N2O3/c1-25-19-10-20(24)23-11-15-13(9-18(23)21(19)26-2)8-17-14(15)7-12-5-3-4-6-16(12)22-17/h3-7,10H,8-9,11H2,1-2H3. The molecule has 0 N–H and O–H groups in total. The Labute approximate surface area is 150 Å². The van der Waals surface area contributed by atoms with Crippen molar-refractivity contribution in [2.75, 3.05) is 14.2 Å². The SMILES string of the molecule is COc1cc(=O)n2c(c1OC)CC1=C(C2)c2cc3ccccc3nc2C1. The van der Waals surface area contributed by atoms with Gasteiger partial charge in [0.2, 0.25) is 0 Å². The highest BCUT2D eigenvalue weighted by Gasteiger charge is 2.31. The lowest BCUT2D eigenvalue weighted by atomic mass is 9.97. The Morgan fingerprint density at radius 3 is 2.73 bits per heavy atom. The van der Waals surface area contributed by atoms with Crippen LogP contribution in [-0.2, 0) is 19.4 Å². The number of allylic oxidation sites excluding steroid dienone is 2. The van der Waals surface area contributed by atoms with Crippen LogP contribution in [0.25, 0.3) is 16.5 Å². The van der Waals surface area contributed by atoms with E-state index >= 15 is 0 Å². The molecule has 5 rings (SSSR count). The molecule has 5 nitrogen and oxygen atoms in total. The molecule has 0 bridgehead atoms. The summed E-state index contributed by atoms with van der Waals surface area (Å²) in [5, 5.41) is 1.13. The Hall–Kier alpha value is -3.08. The van der Waals surface area contributed by atoms with Gasteiger partial charge in [0.1, 0.15) is 0 Å². The molecule has 1 aliphatic carbocycles. The van der Waals surface area contributed by atoms with Gasteiger partial charge in [-0.1, -0.05) is 23.8 Å². The molecule has 2 aliphatic rings. The zero-order valence-corrected chi connectivity index (χ0v) is 14.7. The minimum absolute atomic E-state index is 0.0635. The highest BCUT2D eigenvalue weighted by atomic mass is 16.5. The van der Waals surface area contributed by atoms with E-state index in [1.54, 1.807) is 18.8 Å². The molecular formula is C21H18N2O3. The number of pyridine rings is 2. The first kappa shape index (κ1) is 15.2. The van der Waals surface area contributed by atoms with E-state index < -0.39 is 0 Å². The molecule has 0 saturated heterocycles. The maximum atomic E-state index is 12.6. The largest absolute Gasteiger partial charge is 0.493 e. The second-order valence-electron chi connectivity index (χ2n) is 6.73. The predicted octanol–water partition coefficient (Wildman–Crippen LogP) is 2.98. The molecule has 0 fully saturated rings. The Kier molecular flexibility index (Phi) is 3.19. The topological polar surface area (TPSA) is 53.4 Å².